The van der Waals surface area contributed by atoms with E-state index in [1.807, 2.05) is 6.07 Å². The van der Waals surface area contributed by atoms with E-state index in [1.54, 1.807) is 25.1 Å². The van der Waals surface area contributed by atoms with Gasteiger partial charge in [0.1, 0.15) is 11.7 Å². The Hall–Kier alpha value is -2.33. The Morgan fingerprint density at radius 3 is 2.73 bits per heavy atom. The van der Waals surface area contributed by atoms with Crippen LogP contribution in [0.25, 0.3) is 0 Å². The van der Waals surface area contributed by atoms with Crippen LogP contribution in [0, 0.1) is 29.6 Å². The molecule has 1 aliphatic heterocycles. The first-order valence-corrected chi connectivity index (χ1v) is 8.60. The van der Waals surface area contributed by atoms with Gasteiger partial charge < -0.3 is 14.4 Å². The smallest absolute Gasteiger partial charge is 0.258 e. The summed E-state index contributed by atoms with van der Waals surface area (Å²) in [6.07, 6.45) is 0. The molecule has 0 saturated heterocycles. The normalized spacial score (nSPS) is 18.8. The minimum absolute atomic E-state index is 0.119. The summed E-state index contributed by atoms with van der Waals surface area (Å²) in [5.41, 5.74) is 0.981. The van der Waals surface area contributed by atoms with Crippen LogP contribution in [0.15, 0.2) is 29.1 Å². The van der Waals surface area contributed by atoms with E-state index in [1.165, 1.54) is 10.6 Å². The lowest BCUT2D eigenvalue weighted by atomic mass is 9.79. The van der Waals surface area contributed by atoms with Crippen LogP contribution >= 0.6 is 23.2 Å². The van der Waals surface area contributed by atoms with E-state index in [0.29, 0.717) is 21.3 Å². The van der Waals surface area contributed by atoms with Crippen molar-refractivity contribution in [1.82, 2.24) is 4.57 Å². The maximum atomic E-state index is 13.1. The van der Waals surface area contributed by atoms with E-state index < -0.39 is 11.8 Å². The van der Waals surface area contributed by atoms with Crippen molar-refractivity contribution in [1.29, 1.82) is 10.7 Å². The molecule has 8 heteroatoms. The standard InChI is InChI=1S/C18H15Cl2N3O3/c1-9-6-14-16(18(25)23(9)4-5-24)15(12(8-21)17(22)26-14)11-3-2-10(19)7-13(11)20/h2-3,6-7,12,15,22,24H,4-5H2,1H3/t12?,15-/m1/s1. The fourth-order valence-electron chi connectivity index (χ4n) is 3.23. The highest BCUT2D eigenvalue weighted by Crippen LogP contribution is 2.43. The second-order valence-electron chi connectivity index (χ2n) is 5.96. The van der Waals surface area contributed by atoms with Gasteiger partial charge in [0.15, 0.2) is 0 Å². The van der Waals surface area contributed by atoms with Gasteiger partial charge in [0, 0.05) is 34.3 Å². The van der Waals surface area contributed by atoms with Crippen molar-refractivity contribution >= 4 is 29.1 Å². The zero-order valence-electron chi connectivity index (χ0n) is 13.8. The molecule has 0 saturated carbocycles. The first-order valence-electron chi connectivity index (χ1n) is 7.85. The van der Waals surface area contributed by atoms with E-state index in [0.717, 1.165) is 0 Å². The molecule has 134 valence electrons. The maximum Gasteiger partial charge on any atom is 0.258 e. The highest BCUT2D eigenvalue weighted by atomic mass is 35.5. The average molecular weight is 392 g/mol. The molecule has 0 amide bonds. The van der Waals surface area contributed by atoms with Gasteiger partial charge in [0.25, 0.3) is 5.56 Å². The third-order valence-electron chi connectivity index (χ3n) is 4.41. The minimum Gasteiger partial charge on any atom is -0.442 e. The number of fused-ring (bicyclic) bond motifs is 1. The summed E-state index contributed by atoms with van der Waals surface area (Å²) >= 11 is 12.3. The quantitative estimate of drug-likeness (QED) is 0.839. The molecule has 0 spiro atoms. The van der Waals surface area contributed by atoms with Crippen molar-refractivity contribution in [2.75, 3.05) is 6.61 Å². The Kier molecular flexibility index (Phi) is 5.05. The SMILES string of the molecule is Cc1cc2c(c(=O)n1CCO)[C@H](c1ccc(Cl)cc1Cl)C(C#N)C(=N)O2. The Bertz CT molecular complexity index is 994. The number of halogens is 2. The number of pyridine rings is 1. The molecule has 1 aromatic carbocycles. The van der Waals surface area contributed by atoms with Crippen LogP contribution in [0.4, 0.5) is 0 Å². The predicted octanol–water partition coefficient (Wildman–Crippen LogP) is 3.10. The number of benzene rings is 1. The van der Waals surface area contributed by atoms with Crippen LogP contribution < -0.4 is 10.3 Å². The molecule has 1 aliphatic rings. The lowest BCUT2D eigenvalue weighted by Crippen LogP contribution is -2.38. The monoisotopic (exact) mass is 391 g/mol. The number of ether oxygens (including phenoxy) is 1. The molecule has 2 N–H and O–H groups in total. The van der Waals surface area contributed by atoms with Gasteiger partial charge in [0.05, 0.1) is 18.2 Å². The van der Waals surface area contributed by atoms with Crippen molar-refractivity contribution < 1.29 is 9.84 Å². The molecular weight excluding hydrogens is 377 g/mol. The molecule has 0 aliphatic carbocycles. The summed E-state index contributed by atoms with van der Waals surface area (Å²) in [7, 11) is 0. The lowest BCUT2D eigenvalue weighted by Gasteiger charge is -2.31. The van der Waals surface area contributed by atoms with Crippen LogP contribution in [-0.2, 0) is 6.54 Å². The van der Waals surface area contributed by atoms with Gasteiger partial charge in [-0.15, -0.1) is 0 Å². The summed E-state index contributed by atoms with van der Waals surface area (Å²) in [5, 5.41) is 27.7. The summed E-state index contributed by atoms with van der Waals surface area (Å²) in [6, 6.07) is 8.48. The van der Waals surface area contributed by atoms with Crippen molar-refractivity contribution in [3.8, 4) is 11.8 Å². The number of rotatable bonds is 3. The zero-order valence-corrected chi connectivity index (χ0v) is 15.3. The molecular formula is C18H15Cl2N3O3. The van der Waals surface area contributed by atoms with E-state index >= 15 is 0 Å². The summed E-state index contributed by atoms with van der Waals surface area (Å²) in [5.74, 6) is -1.78. The first-order chi connectivity index (χ1) is 12.4. The highest BCUT2D eigenvalue weighted by Gasteiger charge is 2.40. The number of nitriles is 1. The first kappa shape index (κ1) is 18.5. The molecule has 2 aromatic rings. The van der Waals surface area contributed by atoms with Crippen LogP contribution in [-0.4, -0.2) is 22.2 Å². The molecule has 0 fully saturated rings. The van der Waals surface area contributed by atoms with Gasteiger partial charge in [-0.1, -0.05) is 29.3 Å². The third kappa shape index (κ3) is 2.99. The van der Waals surface area contributed by atoms with Crippen molar-refractivity contribution in [2.24, 2.45) is 5.92 Å². The second kappa shape index (κ2) is 7.12. The molecule has 0 radical (unpaired) electrons. The van der Waals surface area contributed by atoms with E-state index in [9.17, 15) is 15.2 Å². The molecule has 6 nitrogen and oxygen atoms in total. The number of aliphatic hydroxyl groups is 1. The van der Waals surface area contributed by atoms with Gasteiger partial charge >= 0.3 is 0 Å². The number of hydrogen-bond donors (Lipinski definition) is 2. The zero-order chi connectivity index (χ0) is 19.0. The molecule has 26 heavy (non-hydrogen) atoms. The number of hydrogen-bond acceptors (Lipinski definition) is 5. The molecule has 2 atom stereocenters. The Balaban J connectivity index is 2.33. The summed E-state index contributed by atoms with van der Waals surface area (Å²) in [4.78, 5) is 13.1. The third-order valence-corrected chi connectivity index (χ3v) is 4.98. The van der Waals surface area contributed by atoms with E-state index in [-0.39, 0.29) is 35.9 Å². The fraction of sp³-hybridized carbons (Fsp3) is 0.278. The van der Waals surface area contributed by atoms with Crippen molar-refractivity contribution in [3.63, 3.8) is 0 Å². The van der Waals surface area contributed by atoms with Crippen molar-refractivity contribution in [3.05, 3.63) is 61.5 Å². The Morgan fingerprint density at radius 1 is 1.38 bits per heavy atom. The van der Waals surface area contributed by atoms with Crippen LogP contribution in [0.1, 0.15) is 22.7 Å². The maximum absolute atomic E-state index is 13.1. The van der Waals surface area contributed by atoms with Crippen LogP contribution in [0.2, 0.25) is 10.0 Å². The number of nitrogens with zero attached hydrogens (tertiary/aromatic N) is 2. The van der Waals surface area contributed by atoms with Gasteiger partial charge in [0.2, 0.25) is 5.90 Å². The molecule has 3 rings (SSSR count). The van der Waals surface area contributed by atoms with E-state index in [4.69, 9.17) is 33.3 Å². The number of aryl methyl sites for hydroxylation is 1. The summed E-state index contributed by atoms with van der Waals surface area (Å²) < 4.78 is 6.88. The van der Waals surface area contributed by atoms with Gasteiger partial charge in [-0.25, -0.2) is 0 Å². The number of aromatic nitrogens is 1. The van der Waals surface area contributed by atoms with Gasteiger partial charge in [-0.2, -0.15) is 5.26 Å². The molecule has 1 aromatic heterocycles. The van der Waals surface area contributed by atoms with Crippen molar-refractivity contribution in [2.45, 2.75) is 19.4 Å². The second-order valence-corrected chi connectivity index (χ2v) is 6.80. The minimum atomic E-state index is -1.00. The predicted molar refractivity (Wildman–Crippen MR) is 98.3 cm³/mol. The van der Waals surface area contributed by atoms with Gasteiger partial charge in [-0.3, -0.25) is 10.2 Å². The highest BCUT2D eigenvalue weighted by molar-refractivity contribution is 6.35. The molecule has 2 heterocycles. The Morgan fingerprint density at radius 2 is 2.12 bits per heavy atom. The fourth-order valence-corrected chi connectivity index (χ4v) is 3.75. The van der Waals surface area contributed by atoms with E-state index in [2.05, 4.69) is 0 Å². The van der Waals surface area contributed by atoms with Crippen LogP contribution in [0.5, 0.6) is 5.75 Å². The largest absolute Gasteiger partial charge is 0.442 e. The number of aliphatic hydroxyl groups excluding tert-OH is 1. The summed E-state index contributed by atoms with van der Waals surface area (Å²) in [6.45, 7) is 1.63. The molecule has 1 unspecified atom stereocenters. The topological polar surface area (TPSA) is 99.1 Å². The Labute approximate surface area is 159 Å². The number of nitrogens with one attached hydrogen (secondary N) is 1. The lowest BCUT2D eigenvalue weighted by molar-refractivity contribution is 0.272. The molecule has 0 bridgehead atoms. The van der Waals surface area contributed by atoms with Crippen LogP contribution in [0.3, 0.4) is 0 Å². The average Bonchev–Trinajstić information content (AvgIpc) is 2.57. The van der Waals surface area contributed by atoms with Gasteiger partial charge in [-0.05, 0) is 24.6 Å².